The smallest absolute Gasteiger partial charge is 0.251 e. The third kappa shape index (κ3) is 14.6. The number of hydrogen-bond acceptors (Lipinski definition) is 7. The Hall–Kier alpha value is -2.66. The molecule has 0 heterocycles. The van der Waals surface area contributed by atoms with Crippen molar-refractivity contribution in [2.45, 2.75) is 121 Å². The number of carbonyl (C=O) groups is 1. The van der Waals surface area contributed by atoms with E-state index in [-0.39, 0.29) is 24.0 Å². The predicted molar refractivity (Wildman–Crippen MR) is 174 cm³/mol. The number of benzene rings is 2. The molecule has 9 nitrogen and oxygen atoms in total. The van der Waals surface area contributed by atoms with Gasteiger partial charge in [0.05, 0.1) is 30.3 Å². The minimum absolute atomic E-state index is 0.157. The SMILES string of the molecule is CCCCCCCCC(O)C(O)CCCCCCCCNC(=O)c1ccc(CO)c(NS(=O)(=O)Cc2ccccc2N)c1. The normalized spacial score (nSPS) is 13.0. The maximum atomic E-state index is 12.8. The van der Waals surface area contributed by atoms with Crippen LogP contribution >= 0.6 is 0 Å². The quantitative estimate of drug-likeness (QED) is 0.0693. The fraction of sp³-hybridized carbons (Fsp3) is 0.606. The van der Waals surface area contributed by atoms with Gasteiger partial charge >= 0.3 is 0 Å². The van der Waals surface area contributed by atoms with E-state index in [2.05, 4.69) is 17.0 Å². The summed E-state index contributed by atoms with van der Waals surface area (Å²) in [5.41, 5.74) is 7.53. The van der Waals surface area contributed by atoms with Crippen LogP contribution in [0.3, 0.4) is 0 Å². The Labute approximate surface area is 258 Å². The molecule has 43 heavy (non-hydrogen) atoms. The van der Waals surface area contributed by atoms with E-state index in [9.17, 15) is 28.5 Å². The Morgan fingerprint density at radius 1 is 0.814 bits per heavy atom. The lowest BCUT2D eigenvalue weighted by molar-refractivity contribution is 0.00712. The molecule has 0 aliphatic carbocycles. The Kier molecular flexibility index (Phi) is 17.3. The Balaban J connectivity index is 1.65. The number of rotatable bonds is 23. The summed E-state index contributed by atoms with van der Waals surface area (Å²) in [6.07, 6.45) is 12.8. The molecule has 2 aromatic rings. The van der Waals surface area contributed by atoms with Gasteiger partial charge in [0.15, 0.2) is 0 Å². The predicted octanol–water partition coefficient (Wildman–Crippen LogP) is 5.64. The highest BCUT2D eigenvalue weighted by molar-refractivity contribution is 7.91. The highest BCUT2D eigenvalue weighted by atomic mass is 32.2. The highest BCUT2D eigenvalue weighted by Gasteiger charge is 2.18. The van der Waals surface area contributed by atoms with Gasteiger partial charge in [-0.2, -0.15) is 0 Å². The van der Waals surface area contributed by atoms with Gasteiger partial charge in [0, 0.05) is 23.4 Å². The Morgan fingerprint density at radius 3 is 2.00 bits per heavy atom. The van der Waals surface area contributed by atoms with Crippen LogP contribution in [0.5, 0.6) is 0 Å². The maximum Gasteiger partial charge on any atom is 0.251 e. The van der Waals surface area contributed by atoms with Gasteiger partial charge < -0.3 is 26.4 Å². The van der Waals surface area contributed by atoms with Crippen LogP contribution in [0.25, 0.3) is 0 Å². The lowest BCUT2D eigenvalue weighted by atomic mass is 9.99. The zero-order chi connectivity index (χ0) is 31.5. The fourth-order valence-corrected chi connectivity index (χ4v) is 6.30. The van der Waals surface area contributed by atoms with E-state index >= 15 is 0 Å². The first-order valence-corrected chi connectivity index (χ1v) is 17.5. The van der Waals surface area contributed by atoms with Crippen molar-refractivity contribution in [3.63, 3.8) is 0 Å². The molecule has 2 rings (SSSR count). The topological polar surface area (TPSA) is 162 Å². The van der Waals surface area contributed by atoms with Crippen LogP contribution in [0.15, 0.2) is 42.5 Å². The number of nitrogen functional groups attached to an aromatic ring is 1. The molecule has 1 amide bonds. The molecule has 0 aliphatic heterocycles. The van der Waals surface area contributed by atoms with Crippen LogP contribution in [0.4, 0.5) is 11.4 Å². The molecule has 0 radical (unpaired) electrons. The van der Waals surface area contributed by atoms with Gasteiger partial charge in [-0.1, -0.05) is 102 Å². The van der Waals surface area contributed by atoms with Crippen LogP contribution in [-0.2, 0) is 22.4 Å². The van der Waals surface area contributed by atoms with Crippen LogP contribution in [-0.4, -0.2) is 48.4 Å². The highest BCUT2D eigenvalue weighted by Crippen LogP contribution is 2.22. The molecule has 0 aromatic heterocycles. The number of sulfonamides is 1. The second kappa shape index (κ2) is 20.3. The zero-order valence-corrected chi connectivity index (χ0v) is 26.6. The summed E-state index contributed by atoms with van der Waals surface area (Å²) < 4.78 is 28.0. The minimum atomic E-state index is -3.84. The van der Waals surface area contributed by atoms with E-state index in [1.807, 2.05) is 0 Å². The summed E-state index contributed by atoms with van der Waals surface area (Å²) in [7, 11) is -3.84. The standard InChI is InChI=1S/C33H53N3O6S/c1-2-3-4-5-8-11-18-31(38)32(39)19-12-9-6-7-10-15-22-35-33(40)26-20-21-27(24-37)30(23-26)36-43(41,42)25-28-16-13-14-17-29(28)34/h13-14,16-17,20-21,23,31-32,36-39H,2-12,15,18-19,22,24-25,34H2,1H3,(H,35,40). The van der Waals surface area contributed by atoms with Crippen LogP contribution < -0.4 is 15.8 Å². The minimum Gasteiger partial charge on any atom is -0.398 e. The molecule has 0 bridgehead atoms. The summed E-state index contributed by atoms with van der Waals surface area (Å²) in [6, 6.07) is 11.2. The first-order chi connectivity index (χ1) is 20.7. The number of nitrogens with one attached hydrogen (secondary N) is 2. The second-order valence-electron chi connectivity index (χ2n) is 11.4. The number of aliphatic hydroxyl groups excluding tert-OH is 3. The maximum absolute atomic E-state index is 12.8. The van der Waals surface area contributed by atoms with E-state index < -0.39 is 22.2 Å². The molecule has 0 aliphatic rings. The number of carbonyl (C=O) groups excluding carboxylic acids is 1. The van der Waals surface area contributed by atoms with E-state index in [1.165, 1.54) is 37.8 Å². The lowest BCUT2D eigenvalue weighted by Crippen LogP contribution is -2.25. The fourth-order valence-electron chi connectivity index (χ4n) is 5.03. The molecule has 0 saturated carbocycles. The van der Waals surface area contributed by atoms with Crippen molar-refractivity contribution in [3.05, 3.63) is 59.2 Å². The number of aliphatic hydroxyl groups is 3. The number of hydrogen-bond donors (Lipinski definition) is 6. The summed E-state index contributed by atoms with van der Waals surface area (Å²) in [4.78, 5) is 12.7. The molecule has 0 spiro atoms. The van der Waals surface area contributed by atoms with Gasteiger partial charge in [-0.3, -0.25) is 9.52 Å². The largest absolute Gasteiger partial charge is 0.398 e. The summed E-state index contributed by atoms with van der Waals surface area (Å²) in [5, 5.41) is 32.9. The lowest BCUT2D eigenvalue weighted by Gasteiger charge is -2.17. The molecule has 2 unspecified atom stereocenters. The molecular weight excluding hydrogens is 566 g/mol. The van der Waals surface area contributed by atoms with Gasteiger partial charge in [-0.05, 0) is 43.0 Å². The van der Waals surface area contributed by atoms with Crippen molar-refractivity contribution in [1.29, 1.82) is 0 Å². The van der Waals surface area contributed by atoms with E-state index in [0.29, 0.717) is 41.8 Å². The number of anilines is 2. The molecular formula is C33H53N3O6S. The number of para-hydroxylation sites is 1. The van der Waals surface area contributed by atoms with Crippen molar-refractivity contribution in [2.75, 3.05) is 17.0 Å². The van der Waals surface area contributed by atoms with Gasteiger partial charge in [-0.15, -0.1) is 0 Å². The summed E-state index contributed by atoms with van der Waals surface area (Å²) in [5.74, 6) is -0.645. The monoisotopic (exact) mass is 619 g/mol. The van der Waals surface area contributed by atoms with Crippen LogP contribution in [0.1, 0.15) is 118 Å². The van der Waals surface area contributed by atoms with Crippen molar-refractivity contribution in [1.82, 2.24) is 5.32 Å². The van der Waals surface area contributed by atoms with Crippen LogP contribution in [0.2, 0.25) is 0 Å². The molecule has 10 heteroatoms. The molecule has 242 valence electrons. The first-order valence-electron chi connectivity index (χ1n) is 15.9. The second-order valence-corrected chi connectivity index (χ2v) is 13.2. The zero-order valence-electron chi connectivity index (χ0n) is 25.8. The van der Waals surface area contributed by atoms with Crippen molar-refractivity contribution in [2.24, 2.45) is 0 Å². The third-order valence-electron chi connectivity index (χ3n) is 7.72. The summed E-state index contributed by atoms with van der Waals surface area (Å²) >= 11 is 0. The van der Waals surface area contributed by atoms with E-state index in [4.69, 9.17) is 5.73 Å². The van der Waals surface area contributed by atoms with Crippen molar-refractivity contribution in [3.8, 4) is 0 Å². The summed E-state index contributed by atoms with van der Waals surface area (Å²) in [6.45, 7) is 2.31. The first kappa shape index (κ1) is 36.5. The number of amides is 1. The number of unbranched alkanes of at least 4 members (excludes halogenated alkanes) is 10. The molecule has 0 saturated heterocycles. The molecule has 7 N–H and O–H groups in total. The molecule has 2 atom stereocenters. The van der Waals surface area contributed by atoms with E-state index in [1.54, 1.807) is 30.3 Å². The van der Waals surface area contributed by atoms with E-state index in [0.717, 1.165) is 51.4 Å². The van der Waals surface area contributed by atoms with Gasteiger partial charge in [0.2, 0.25) is 10.0 Å². The molecule has 0 fully saturated rings. The Bertz CT molecular complexity index is 1190. The van der Waals surface area contributed by atoms with Gasteiger partial charge in [0.1, 0.15) is 0 Å². The van der Waals surface area contributed by atoms with Gasteiger partial charge in [-0.25, -0.2) is 8.42 Å². The third-order valence-corrected chi connectivity index (χ3v) is 8.94. The Morgan fingerprint density at radius 2 is 1.40 bits per heavy atom. The van der Waals surface area contributed by atoms with Crippen molar-refractivity contribution < 1.29 is 28.5 Å². The average molecular weight is 620 g/mol. The van der Waals surface area contributed by atoms with Gasteiger partial charge in [0.25, 0.3) is 5.91 Å². The van der Waals surface area contributed by atoms with Crippen molar-refractivity contribution >= 4 is 27.3 Å². The average Bonchev–Trinajstić information content (AvgIpc) is 2.98. The van der Waals surface area contributed by atoms with Crippen LogP contribution in [0, 0.1) is 0 Å². The molecule has 2 aromatic carbocycles. The number of nitrogens with two attached hydrogens (primary N) is 1.